The molecule has 0 aromatic carbocycles. The molecule has 0 saturated carbocycles. The molecule has 0 atom stereocenters. The van der Waals surface area contributed by atoms with E-state index in [0.29, 0.717) is 0 Å². The number of aromatic nitrogens is 1. The Bertz CT molecular complexity index is 365. The minimum absolute atomic E-state index is 0.127. The SMILES string of the molecule is O=S(=O)(F)c1ccncc1Br. The molecule has 0 amide bonds. The zero-order valence-electron chi connectivity index (χ0n) is 5.16. The van der Waals surface area contributed by atoms with E-state index in [2.05, 4.69) is 20.9 Å². The third-order valence-electron chi connectivity index (χ3n) is 0.998. The van der Waals surface area contributed by atoms with Gasteiger partial charge in [0, 0.05) is 12.4 Å². The molecular weight excluding hydrogens is 237 g/mol. The minimum Gasteiger partial charge on any atom is -0.263 e. The Morgan fingerprint density at radius 1 is 1.55 bits per heavy atom. The summed E-state index contributed by atoms with van der Waals surface area (Å²) < 4.78 is 33.1. The lowest BCUT2D eigenvalue weighted by Crippen LogP contribution is -1.93. The Balaban J connectivity index is 3.37. The van der Waals surface area contributed by atoms with Gasteiger partial charge >= 0.3 is 10.2 Å². The number of pyridine rings is 1. The lowest BCUT2D eigenvalue weighted by atomic mass is 10.5. The monoisotopic (exact) mass is 239 g/mol. The molecule has 60 valence electrons. The molecule has 0 fully saturated rings. The first-order valence-corrected chi connectivity index (χ1v) is 4.73. The quantitative estimate of drug-likeness (QED) is 0.699. The topological polar surface area (TPSA) is 47.0 Å². The van der Waals surface area contributed by atoms with Crippen LogP contribution in [0.1, 0.15) is 0 Å². The highest BCUT2D eigenvalue weighted by Gasteiger charge is 2.14. The van der Waals surface area contributed by atoms with Gasteiger partial charge in [-0.05, 0) is 22.0 Å². The van der Waals surface area contributed by atoms with Gasteiger partial charge in [0.1, 0.15) is 4.90 Å². The second-order valence-corrected chi connectivity index (χ2v) is 3.91. The van der Waals surface area contributed by atoms with Gasteiger partial charge in [0.15, 0.2) is 0 Å². The first-order valence-electron chi connectivity index (χ1n) is 2.56. The average molecular weight is 240 g/mol. The van der Waals surface area contributed by atoms with Crippen LogP contribution in [0.2, 0.25) is 0 Å². The predicted molar refractivity (Wildman–Crippen MR) is 40.2 cm³/mol. The van der Waals surface area contributed by atoms with E-state index >= 15 is 0 Å². The van der Waals surface area contributed by atoms with Crippen molar-refractivity contribution in [3.63, 3.8) is 0 Å². The maximum absolute atomic E-state index is 12.3. The third kappa shape index (κ3) is 1.97. The Labute approximate surface area is 71.6 Å². The summed E-state index contributed by atoms with van der Waals surface area (Å²) in [5.41, 5.74) is 0. The number of halogens is 2. The molecule has 0 unspecified atom stereocenters. The lowest BCUT2D eigenvalue weighted by Gasteiger charge is -1.95. The molecule has 3 nitrogen and oxygen atoms in total. The molecule has 0 radical (unpaired) electrons. The summed E-state index contributed by atoms with van der Waals surface area (Å²) in [5, 5.41) is 0. The third-order valence-corrected chi connectivity index (χ3v) is 2.77. The summed E-state index contributed by atoms with van der Waals surface area (Å²) in [4.78, 5) is 3.18. The molecule has 0 aliphatic heterocycles. The van der Waals surface area contributed by atoms with E-state index in [4.69, 9.17) is 0 Å². The molecule has 0 aliphatic rings. The summed E-state index contributed by atoms with van der Waals surface area (Å²) >= 11 is 2.85. The fourth-order valence-electron chi connectivity index (χ4n) is 0.560. The van der Waals surface area contributed by atoms with Crippen molar-refractivity contribution in [1.29, 1.82) is 0 Å². The molecule has 0 aliphatic carbocycles. The van der Waals surface area contributed by atoms with Crippen molar-refractivity contribution in [2.75, 3.05) is 0 Å². The van der Waals surface area contributed by atoms with Crippen molar-refractivity contribution in [3.05, 3.63) is 22.9 Å². The van der Waals surface area contributed by atoms with Gasteiger partial charge in [0.2, 0.25) is 0 Å². The van der Waals surface area contributed by atoms with Crippen LogP contribution in [-0.2, 0) is 10.2 Å². The van der Waals surface area contributed by atoms with Gasteiger partial charge in [-0.3, -0.25) is 4.98 Å². The van der Waals surface area contributed by atoms with Gasteiger partial charge in [-0.15, -0.1) is 3.89 Å². The van der Waals surface area contributed by atoms with E-state index in [9.17, 15) is 12.3 Å². The van der Waals surface area contributed by atoms with Crippen LogP contribution >= 0.6 is 15.9 Å². The maximum Gasteiger partial charge on any atom is 0.333 e. The normalized spacial score (nSPS) is 11.5. The molecule has 0 bridgehead atoms. The van der Waals surface area contributed by atoms with Gasteiger partial charge < -0.3 is 0 Å². The summed E-state index contributed by atoms with van der Waals surface area (Å²) in [5.74, 6) is 0. The van der Waals surface area contributed by atoms with Gasteiger partial charge in [-0.2, -0.15) is 8.42 Å². The highest BCUT2D eigenvalue weighted by atomic mass is 79.9. The van der Waals surface area contributed by atoms with Crippen molar-refractivity contribution in [3.8, 4) is 0 Å². The second kappa shape index (κ2) is 2.86. The van der Waals surface area contributed by atoms with Gasteiger partial charge in [-0.25, -0.2) is 0 Å². The highest BCUT2D eigenvalue weighted by Crippen LogP contribution is 2.21. The van der Waals surface area contributed by atoms with Crippen LogP contribution in [0.25, 0.3) is 0 Å². The van der Waals surface area contributed by atoms with Gasteiger partial charge in [-0.1, -0.05) is 0 Å². The van der Waals surface area contributed by atoms with Crippen LogP contribution < -0.4 is 0 Å². The number of hydrogen-bond donors (Lipinski definition) is 0. The number of nitrogens with zero attached hydrogens (tertiary/aromatic N) is 1. The zero-order chi connectivity index (χ0) is 8.48. The molecular formula is C5H3BrFNO2S. The Morgan fingerprint density at radius 3 is 2.55 bits per heavy atom. The Kier molecular flexibility index (Phi) is 2.24. The Hall–Kier alpha value is -0.490. The van der Waals surface area contributed by atoms with Crippen LogP contribution in [-0.4, -0.2) is 13.4 Å². The molecule has 1 heterocycles. The van der Waals surface area contributed by atoms with Gasteiger partial charge in [0.25, 0.3) is 0 Å². The van der Waals surface area contributed by atoms with Crippen molar-refractivity contribution in [2.45, 2.75) is 4.90 Å². The summed E-state index contributed by atoms with van der Waals surface area (Å²) in [6.07, 6.45) is 2.42. The summed E-state index contributed by atoms with van der Waals surface area (Å²) in [6, 6.07) is 1.08. The van der Waals surface area contributed by atoms with E-state index in [-0.39, 0.29) is 4.47 Å². The van der Waals surface area contributed by atoms with E-state index in [1.165, 1.54) is 12.4 Å². The molecule has 0 N–H and O–H groups in total. The van der Waals surface area contributed by atoms with Crippen molar-refractivity contribution in [1.82, 2.24) is 4.98 Å². The molecule has 11 heavy (non-hydrogen) atoms. The Morgan fingerprint density at radius 2 is 2.18 bits per heavy atom. The largest absolute Gasteiger partial charge is 0.333 e. The second-order valence-electron chi connectivity index (χ2n) is 1.74. The van der Waals surface area contributed by atoms with Crippen LogP contribution in [0.5, 0.6) is 0 Å². The first-order chi connectivity index (χ1) is 5.02. The van der Waals surface area contributed by atoms with E-state index < -0.39 is 15.1 Å². The van der Waals surface area contributed by atoms with E-state index in [1.54, 1.807) is 0 Å². The maximum atomic E-state index is 12.3. The van der Waals surface area contributed by atoms with Crippen molar-refractivity contribution < 1.29 is 12.3 Å². The van der Waals surface area contributed by atoms with Crippen LogP contribution in [0.3, 0.4) is 0 Å². The smallest absolute Gasteiger partial charge is 0.263 e. The molecule has 1 rings (SSSR count). The van der Waals surface area contributed by atoms with Crippen molar-refractivity contribution >= 4 is 26.2 Å². The van der Waals surface area contributed by atoms with E-state index in [0.717, 1.165) is 6.07 Å². The fourth-order valence-corrected chi connectivity index (χ4v) is 1.90. The predicted octanol–water partition coefficient (Wildman–Crippen LogP) is 1.50. The first kappa shape index (κ1) is 8.61. The number of hydrogen-bond acceptors (Lipinski definition) is 3. The van der Waals surface area contributed by atoms with Gasteiger partial charge in [0.05, 0.1) is 4.47 Å². The lowest BCUT2D eigenvalue weighted by molar-refractivity contribution is 0.551. The molecule has 0 spiro atoms. The van der Waals surface area contributed by atoms with Crippen molar-refractivity contribution in [2.24, 2.45) is 0 Å². The minimum atomic E-state index is -4.62. The summed E-state index contributed by atoms with van der Waals surface area (Å²) in [6.45, 7) is 0. The fraction of sp³-hybridized carbons (Fsp3) is 0. The average Bonchev–Trinajstić information content (AvgIpc) is 1.86. The summed E-state index contributed by atoms with van der Waals surface area (Å²) in [7, 11) is -4.62. The number of rotatable bonds is 1. The van der Waals surface area contributed by atoms with Crippen LogP contribution in [0, 0.1) is 0 Å². The molecule has 1 aromatic rings. The van der Waals surface area contributed by atoms with E-state index in [1.807, 2.05) is 0 Å². The standard InChI is InChI=1S/C5H3BrFNO2S/c6-4-3-8-2-1-5(4)11(7,9)10/h1-3H. The van der Waals surface area contributed by atoms with Crippen LogP contribution in [0.15, 0.2) is 27.8 Å². The zero-order valence-corrected chi connectivity index (χ0v) is 7.56. The molecule has 0 saturated heterocycles. The highest BCUT2D eigenvalue weighted by molar-refractivity contribution is 9.10. The molecule has 1 aromatic heterocycles. The molecule has 6 heteroatoms. The van der Waals surface area contributed by atoms with Crippen LogP contribution in [0.4, 0.5) is 3.89 Å².